The Kier molecular flexibility index (Phi) is 4.79. The zero-order valence-electron chi connectivity index (χ0n) is 15.4. The number of aryl methyl sites for hydroxylation is 1. The first-order valence-electron chi connectivity index (χ1n) is 8.74. The van der Waals surface area contributed by atoms with Crippen molar-refractivity contribution in [2.45, 2.75) is 20.5 Å². The van der Waals surface area contributed by atoms with Crippen molar-refractivity contribution in [3.8, 4) is 11.3 Å². The van der Waals surface area contributed by atoms with Gasteiger partial charge in [-0.2, -0.15) is 0 Å². The Morgan fingerprint density at radius 2 is 1.89 bits per heavy atom. The molecule has 2 aromatic heterocycles. The molecule has 0 amide bonds. The van der Waals surface area contributed by atoms with E-state index in [1.165, 1.54) is 11.3 Å². The molecule has 4 aromatic rings. The van der Waals surface area contributed by atoms with Crippen LogP contribution < -0.4 is 5.43 Å². The molecule has 0 atom stereocenters. The molecule has 0 N–H and O–H groups in total. The molecule has 0 saturated carbocycles. The number of nitrogens with zero attached hydrogens (tertiary/aromatic N) is 1. The van der Waals surface area contributed by atoms with E-state index in [1.54, 1.807) is 25.1 Å². The van der Waals surface area contributed by atoms with Gasteiger partial charge in [0.2, 0.25) is 0 Å². The number of thiazole rings is 1. The first-order valence-corrected chi connectivity index (χ1v) is 9.62. The summed E-state index contributed by atoms with van der Waals surface area (Å²) < 4.78 is 11.4. The summed E-state index contributed by atoms with van der Waals surface area (Å²) in [5.74, 6) is -0.101. The highest BCUT2D eigenvalue weighted by Gasteiger charge is 2.19. The van der Waals surface area contributed by atoms with Gasteiger partial charge < -0.3 is 9.15 Å². The number of hydrogen-bond donors (Lipinski definition) is 0. The number of ether oxygens (including phenoxy) is 1. The lowest BCUT2D eigenvalue weighted by atomic mass is 10.0. The molecule has 0 saturated heterocycles. The predicted molar refractivity (Wildman–Crippen MR) is 109 cm³/mol. The number of hydrogen-bond acceptors (Lipinski definition) is 6. The molecule has 140 valence electrons. The highest BCUT2D eigenvalue weighted by atomic mass is 32.1. The number of carbonyl (C=O) groups is 1. The number of carbonyl (C=O) groups excluding carboxylic acids is 1. The number of benzene rings is 2. The van der Waals surface area contributed by atoms with Crippen LogP contribution in [0.5, 0.6) is 0 Å². The average molecular weight is 391 g/mol. The second-order valence-electron chi connectivity index (χ2n) is 6.37. The summed E-state index contributed by atoms with van der Waals surface area (Å²) in [5.41, 5.74) is 2.26. The van der Waals surface area contributed by atoms with Crippen molar-refractivity contribution in [2.75, 3.05) is 0 Å². The van der Waals surface area contributed by atoms with Crippen molar-refractivity contribution in [3.63, 3.8) is 0 Å². The third kappa shape index (κ3) is 3.34. The molecule has 0 spiro atoms. The van der Waals surface area contributed by atoms with Gasteiger partial charge in [0.1, 0.15) is 17.9 Å². The SMILES string of the molecule is Cc1nc(COC(=O)c2cccc3c(=O)c(C)c(-c4ccccc4)oc23)cs1. The summed E-state index contributed by atoms with van der Waals surface area (Å²) in [5, 5.41) is 3.12. The van der Waals surface area contributed by atoms with Gasteiger partial charge in [-0.05, 0) is 26.0 Å². The van der Waals surface area contributed by atoms with Crippen LogP contribution >= 0.6 is 11.3 Å². The van der Waals surface area contributed by atoms with Crippen LogP contribution in [0.15, 0.2) is 63.1 Å². The number of aromatic nitrogens is 1. The molecular formula is C22H17NO4S. The topological polar surface area (TPSA) is 69.4 Å². The molecule has 6 heteroatoms. The van der Waals surface area contributed by atoms with Crippen molar-refractivity contribution in [1.82, 2.24) is 4.98 Å². The molecule has 0 aliphatic carbocycles. The zero-order chi connectivity index (χ0) is 19.7. The van der Waals surface area contributed by atoms with Gasteiger partial charge in [-0.3, -0.25) is 4.79 Å². The Balaban J connectivity index is 1.77. The van der Waals surface area contributed by atoms with Crippen molar-refractivity contribution < 1.29 is 13.9 Å². The minimum absolute atomic E-state index is 0.0706. The monoisotopic (exact) mass is 391 g/mol. The molecule has 4 rings (SSSR count). The van der Waals surface area contributed by atoms with Crippen molar-refractivity contribution in [1.29, 1.82) is 0 Å². The molecule has 28 heavy (non-hydrogen) atoms. The lowest BCUT2D eigenvalue weighted by molar-refractivity contribution is 0.0469. The molecule has 0 bridgehead atoms. The summed E-state index contributed by atoms with van der Waals surface area (Å²) in [4.78, 5) is 29.8. The van der Waals surface area contributed by atoms with Crippen molar-refractivity contribution in [2.24, 2.45) is 0 Å². The number of para-hydroxylation sites is 1. The van der Waals surface area contributed by atoms with Crippen LogP contribution in [0.1, 0.15) is 26.6 Å². The highest BCUT2D eigenvalue weighted by Crippen LogP contribution is 2.27. The van der Waals surface area contributed by atoms with E-state index in [1.807, 2.05) is 42.6 Å². The largest absolute Gasteiger partial charge is 0.455 e. The van der Waals surface area contributed by atoms with Crippen molar-refractivity contribution >= 4 is 28.3 Å². The average Bonchev–Trinajstić information content (AvgIpc) is 3.14. The van der Waals surface area contributed by atoms with Gasteiger partial charge in [0.25, 0.3) is 0 Å². The summed E-state index contributed by atoms with van der Waals surface area (Å²) in [6.07, 6.45) is 0. The molecule has 2 heterocycles. The number of rotatable bonds is 4. The Hall–Kier alpha value is -3.25. The Labute approximate surface area is 165 Å². The Morgan fingerprint density at radius 3 is 2.61 bits per heavy atom. The smallest absolute Gasteiger partial charge is 0.342 e. The van der Waals surface area contributed by atoms with Gasteiger partial charge in [0.15, 0.2) is 11.0 Å². The van der Waals surface area contributed by atoms with Crippen LogP contribution in [0.3, 0.4) is 0 Å². The molecule has 0 aliphatic rings. The maximum atomic E-state index is 12.9. The maximum absolute atomic E-state index is 12.9. The van der Waals surface area contributed by atoms with Crippen LogP contribution in [0.25, 0.3) is 22.3 Å². The molecule has 0 fully saturated rings. The standard InChI is InChI=1S/C22H17NO4S/c1-13-19(24)17-9-6-10-18(22(25)26-11-16-12-28-14(2)23-16)21(17)27-20(13)15-7-4-3-5-8-15/h3-10,12H,11H2,1-2H3. The van der Waals surface area contributed by atoms with Crippen LogP contribution in [0.4, 0.5) is 0 Å². The summed E-state index contributed by atoms with van der Waals surface area (Å²) in [7, 11) is 0. The quantitative estimate of drug-likeness (QED) is 0.463. The number of esters is 1. The van der Waals surface area contributed by atoms with E-state index in [0.717, 1.165) is 10.6 Å². The van der Waals surface area contributed by atoms with E-state index in [9.17, 15) is 9.59 Å². The third-order valence-corrected chi connectivity index (χ3v) is 5.24. The van der Waals surface area contributed by atoms with E-state index < -0.39 is 5.97 Å². The predicted octanol–water partition coefficient (Wildman–Crippen LogP) is 4.89. The van der Waals surface area contributed by atoms with E-state index >= 15 is 0 Å². The van der Waals surface area contributed by atoms with Crippen LogP contribution in [-0.4, -0.2) is 11.0 Å². The van der Waals surface area contributed by atoms with Crippen molar-refractivity contribution in [3.05, 3.63) is 86.0 Å². The highest BCUT2D eigenvalue weighted by molar-refractivity contribution is 7.09. The summed E-state index contributed by atoms with van der Waals surface area (Å²) >= 11 is 1.50. The fourth-order valence-corrected chi connectivity index (χ4v) is 3.62. The van der Waals surface area contributed by atoms with Gasteiger partial charge in [-0.25, -0.2) is 9.78 Å². The Morgan fingerprint density at radius 1 is 1.11 bits per heavy atom. The molecule has 5 nitrogen and oxygen atoms in total. The normalized spacial score (nSPS) is 10.9. The fourth-order valence-electron chi connectivity index (χ4n) is 3.03. The first-order chi connectivity index (χ1) is 13.5. The second-order valence-corrected chi connectivity index (χ2v) is 7.43. The molecular weight excluding hydrogens is 374 g/mol. The minimum atomic E-state index is -0.553. The molecule has 2 aromatic carbocycles. The number of fused-ring (bicyclic) bond motifs is 1. The van der Waals surface area contributed by atoms with Gasteiger partial charge >= 0.3 is 5.97 Å². The molecule has 0 unspecified atom stereocenters. The third-order valence-electron chi connectivity index (χ3n) is 4.42. The van der Waals surface area contributed by atoms with Gasteiger partial charge in [-0.1, -0.05) is 36.4 Å². The van der Waals surface area contributed by atoms with Gasteiger partial charge in [-0.15, -0.1) is 11.3 Å². The maximum Gasteiger partial charge on any atom is 0.342 e. The Bertz CT molecular complexity index is 1220. The summed E-state index contributed by atoms with van der Waals surface area (Å²) in [6, 6.07) is 14.3. The van der Waals surface area contributed by atoms with Crippen LogP contribution in [-0.2, 0) is 11.3 Å². The molecule has 0 aliphatic heterocycles. The lowest BCUT2D eigenvalue weighted by Crippen LogP contribution is -2.11. The van der Waals surface area contributed by atoms with Gasteiger partial charge in [0.05, 0.1) is 16.1 Å². The van der Waals surface area contributed by atoms with E-state index in [4.69, 9.17) is 9.15 Å². The summed E-state index contributed by atoms with van der Waals surface area (Å²) in [6.45, 7) is 3.69. The zero-order valence-corrected chi connectivity index (χ0v) is 16.2. The van der Waals surface area contributed by atoms with Crippen LogP contribution in [0, 0.1) is 13.8 Å². The van der Waals surface area contributed by atoms with E-state index in [0.29, 0.717) is 22.4 Å². The second kappa shape index (κ2) is 7.40. The minimum Gasteiger partial charge on any atom is -0.455 e. The van der Waals surface area contributed by atoms with E-state index in [2.05, 4.69) is 4.98 Å². The van der Waals surface area contributed by atoms with Gasteiger partial charge in [0, 0.05) is 16.5 Å². The lowest BCUT2D eigenvalue weighted by Gasteiger charge is -2.10. The molecule has 0 radical (unpaired) electrons. The fraction of sp³-hybridized carbons (Fsp3) is 0.136. The van der Waals surface area contributed by atoms with E-state index in [-0.39, 0.29) is 23.2 Å². The first kappa shape index (κ1) is 18.1. The van der Waals surface area contributed by atoms with Crippen LogP contribution in [0.2, 0.25) is 0 Å².